The van der Waals surface area contributed by atoms with Gasteiger partial charge in [0.1, 0.15) is 17.9 Å². The topological polar surface area (TPSA) is 101 Å². The van der Waals surface area contributed by atoms with Crippen LogP contribution in [-0.2, 0) is 13.0 Å². The van der Waals surface area contributed by atoms with Crippen LogP contribution >= 0.6 is 11.3 Å². The number of aromatic carboxylic acids is 1. The van der Waals surface area contributed by atoms with Crippen LogP contribution < -0.4 is 4.74 Å². The summed E-state index contributed by atoms with van der Waals surface area (Å²) in [4.78, 5) is 34.4. The number of urea groups is 1. The molecule has 9 nitrogen and oxygen atoms in total. The molecule has 0 aliphatic carbocycles. The number of ether oxygens (including phenoxy) is 1. The molecule has 4 aromatic rings. The molecule has 0 saturated carbocycles. The minimum atomic E-state index is -1.01. The van der Waals surface area contributed by atoms with E-state index in [-0.39, 0.29) is 11.6 Å². The highest BCUT2D eigenvalue weighted by Gasteiger charge is 2.26. The Morgan fingerprint density at radius 3 is 2.52 bits per heavy atom. The molecule has 0 radical (unpaired) electrons. The Morgan fingerprint density at radius 2 is 1.86 bits per heavy atom. The number of hydrogen-bond donors (Lipinski definition) is 1. The number of amides is 2. The van der Waals surface area contributed by atoms with Crippen LogP contribution in [0, 0.1) is 13.8 Å². The number of thiophene rings is 1. The number of aromatic nitrogens is 3. The van der Waals surface area contributed by atoms with Crippen LogP contribution in [0.3, 0.4) is 0 Å². The SMILES string of the molecule is CCc1cc(OCc2cc(C)sc2-c2cccc(-n3ncc(C(=O)O)c3C)n2)ccc1C1CCN(C(=O)N(C)C)CC1. The zero-order valence-electron chi connectivity index (χ0n) is 24.8. The zero-order chi connectivity index (χ0) is 30.0. The maximum absolute atomic E-state index is 12.3. The summed E-state index contributed by atoms with van der Waals surface area (Å²) < 4.78 is 7.89. The number of hydrogen-bond acceptors (Lipinski definition) is 6. The maximum atomic E-state index is 12.3. The third-order valence-electron chi connectivity index (χ3n) is 7.83. The van der Waals surface area contributed by atoms with E-state index in [1.165, 1.54) is 17.3 Å². The van der Waals surface area contributed by atoms with Gasteiger partial charge in [0, 0.05) is 37.6 Å². The van der Waals surface area contributed by atoms with Gasteiger partial charge in [0.25, 0.3) is 0 Å². The van der Waals surface area contributed by atoms with Gasteiger partial charge in [0.15, 0.2) is 5.82 Å². The van der Waals surface area contributed by atoms with Crippen molar-refractivity contribution in [2.75, 3.05) is 27.2 Å². The normalized spacial score (nSPS) is 13.8. The van der Waals surface area contributed by atoms with Gasteiger partial charge in [-0.3, -0.25) is 0 Å². The molecular weight excluding hydrogens is 550 g/mol. The largest absolute Gasteiger partial charge is 0.489 e. The van der Waals surface area contributed by atoms with E-state index in [1.807, 2.05) is 23.1 Å². The van der Waals surface area contributed by atoms with Crippen LogP contribution in [0.15, 0.2) is 48.7 Å². The summed E-state index contributed by atoms with van der Waals surface area (Å²) in [7, 11) is 3.60. The monoisotopic (exact) mass is 587 g/mol. The third kappa shape index (κ3) is 6.04. The predicted octanol–water partition coefficient (Wildman–Crippen LogP) is 6.31. The first-order chi connectivity index (χ1) is 20.2. The fraction of sp³-hybridized carbons (Fsp3) is 0.375. The molecule has 1 aromatic carbocycles. The van der Waals surface area contributed by atoms with Gasteiger partial charge in [0.05, 0.1) is 22.5 Å². The minimum absolute atomic E-state index is 0.0849. The van der Waals surface area contributed by atoms with Crippen LogP contribution in [0.1, 0.15) is 63.3 Å². The minimum Gasteiger partial charge on any atom is -0.489 e. The average Bonchev–Trinajstić information content (AvgIpc) is 3.57. The maximum Gasteiger partial charge on any atom is 0.339 e. The molecule has 1 aliphatic rings. The third-order valence-corrected chi connectivity index (χ3v) is 8.95. The van der Waals surface area contributed by atoms with Crippen molar-refractivity contribution in [1.29, 1.82) is 0 Å². The van der Waals surface area contributed by atoms with Crippen molar-refractivity contribution in [2.45, 2.75) is 52.6 Å². The Morgan fingerprint density at radius 1 is 1.10 bits per heavy atom. The Kier molecular flexibility index (Phi) is 8.63. The number of carbonyl (C=O) groups excluding carboxylic acids is 1. The summed E-state index contributed by atoms with van der Waals surface area (Å²) in [5.74, 6) is 0.829. The number of pyridine rings is 1. The molecule has 1 saturated heterocycles. The summed E-state index contributed by atoms with van der Waals surface area (Å²) >= 11 is 1.66. The highest BCUT2D eigenvalue weighted by molar-refractivity contribution is 7.15. The average molecular weight is 588 g/mol. The molecule has 0 unspecified atom stereocenters. The molecule has 220 valence electrons. The van der Waals surface area contributed by atoms with Crippen molar-refractivity contribution in [1.82, 2.24) is 24.6 Å². The van der Waals surface area contributed by atoms with E-state index < -0.39 is 5.97 Å². The highest BCUT2D eigenvalue weighted by Crippen LogP contribution is 2.35. The Bertz CT molecular complexity index is 1600. The number of likely N-dealkylation sites (tertiary alicyclic amines) is 1. The molecule has 0 atom stereocenters. The second-order valence-electron chi connectivity index (χ2n) is 10.9. The molecule has 2 amide bonds. The molecule has 0 bridgehead atoms. The first-order valence-electron chi connectivity index (χ1n) is 14.2. The first kappa shape index (κ1) is 29.3. The van der Waals surface area contributed by atoms with Crippen molar-refractivity contribution in [3.8, 4) is 22.1 Å². The summed E-state index contributed by atoms with van der Waals surface area (Å²) in [6, 6.07) is 14.3. The number of nitrogens with zero attached hydrogens (tertiary/aromatic N) is 5. The van der Waals surface area contributed by atoms with Crippen molar-refractivity contribution < 1.29 is 19.4 Å². The van der Waals surface area contributed by atoms with E-state index in [0.717, 1.165) is 59.1 Å². The first-order valence-corrected chi connectivity index (χ1v) is 15.0. The Hall–Kier alpha value is -4.18. The van der Waals surface area contributed by atoms with E-state index in [1.54, 1.807) is 41.9 Å². The van der Waals surface area contributed by atoms with Gasteiger partial charge in [-0.05, 0) is 80.5 Å². The molecule has 10 heteroatoms. The van der Waals surface area contributed by atoms with Gasteiger partial charge < -0.3 is 19.6 Å². The highest BCUT2D eigenvalue weighted by atomic mass is 32.1. The van der Waals surface area contributed by atoms with Gasteiger partial charge in [0.2, 0.25) is 0 Å². The van der Waals surface area contributed by atoms with Crippen molar-refractivity contribution in [3.63, 3.8) is 0 Å². The van der Waals surface area contributed by atoms with E-state index in [9.17, 15) is 14.7 Å². The van der Waals surface area contributed by atoms with E-state index in [2.05, 4.69) is 43.2 Å². The molecule has 4 heterocycles. The summed E-state index contributed by atoms with van der Waals surface area (Å²) in [6.07, 6.45) is 4.20. The number of carboxylic acid groups (broad SMARTS) is 1. The lowest BCUT2D eigenvalue weighted by atomic mass is 9.86. The second-order valence-corrected chi connectivity index (χ2v) is 12.2. The van der Waals surface area contributed by atoms with Crippen LogP contribution in [0.2, 0.25) is 0 Å². The smallest absolute Gasteiger partial charge is 0.339 e. The van der Waals surface area contributed by atoms with Gasteiger partial charge in [-0.2, -0.15) is 5.10 Å². The fourth-order valence-electron chi connectivity index (χ4n) is 5.61. The van der Waals surface area contributed by atoms with E-state index >= 15 is 0 Å². The number of rotatable bonds is 8. The zero-order valence-corrected chi connectivity index (χ0v) is 25.6. The molecule has 1 fully saturated rings. The van der Waals surface area contributed by atoms with Crippen LogP contribution in [-0.4, -0.2) is 68.9 Å². The Labute approximate surface area is 250 Å². The van der Waals surface area contributed by atoms with Crippen LogP contribution in [0.25, 0.3) is 16.4 Å². The van der Waals surface area contributed by atoms with Crippen molar-refractivity contribution in [2.24, 2.45) is 0 Å². The van der Waals surface area contributed by atoms with Gasteiger partial charge in [-0.25, -0.2) is 19.3 Å². The number of aryl methyl sites for hydroxylation is 2. The predicted molar refractivity (Wildman–Crippen MR) is 164 cm³/mol. The molecular formula is C32H37N5O4S. The second kappa shape index (κ2) is 12.4. The molecule has 42 heavy (non-hydrogen) atoms. The Balaban J connectivity index is 1.31. The lowest BCUT2D eigenvalue weighted by molar-refractivity contribution is 0.0696. The quantitative estimate of drug-likeness (QED) is 0.259. The molecule has 5 rings (SSSR count). The fourth-order valence-corrected chi connectivity index (χ4v) is 6.60. The molecule has 3 aromatic heterocycles. The number of carboxylic acids is 1. The lowest BCUT2D eigenvalue weighted by Crippen LogP contribution is -2.43. The number of benzene rings is 1. The van der Waals surface area contributed by atoms with Crippen molar-refractivity contribution >= 4 is 23.3 Å². The van der Waals surface area contributed by atoms with Crippen LogP contribution in [0.4, 0.5) is 4.79 Å². The van der Waals surface area contributed by atoms with Gasteiger partial charge in [-0.1, -0.05) is 19.1 Å². The molecule has 1 aliphatic heterocycles. The van der Waals surface area contributed by atoms with E-state index in [0.29, 0.717) is 24.0 Å². The standard InChI is InChI=1S/C32H37N5O4S/c1-6-22-17-25(10-11-26(22)23-12-14-36(15-13-23)32(40)35(4)5)41-19-24-16-20(2)42-30(24)28-8-7-9-29(34-28)37-21(3)27(18-33-37)31(38)39/h7-11,16-18,23H,6,12-15,19H2,1-5H3,(H,38,39). The lowest BCUT2D eigenvalue weighted by Gasteiger charge is -2.34. The summed E-state index contributed by atoms with van der Waals surface area (Å²) in [5.41, 5.74) is 5.17. The van der Waals surface area contributed by atoms with Crippen LogP contribution in [0.5, 0.6) is 5.75 Å². The summed E-state index contributed by atoms with van der Waals surface area (Å²) in [5, 5.41) is 13.7. The van der Waals surface area contributed by atoms with Gasteiger partial charge in [-0.15, -0.1) is 11.3 Å². The van der Waals surface area contributed by atoms with Gasteiger partial charge >= 0.3 is 12.0 Å². The summed E-state index contributed by atoms with van der Waals surface area (Å²) in [6.45, 7) is 7.93. The molecule has 1 N–H and O–H groups in total. The van der Waals surface area contributed by atoms with E-state index in [4.69, 9.17) is 9.72 Å². The number of carbonyl (C=O) groups is 2. The van der Waals surface area contributed by atoms with Crippen molar-refractivity contribution in [3.05, 3.63) is 81.5 Å². The molecule has 0 spiro atoms. The number of piperidine rings is 1.